The first-order valence-electron chi connectivity index (χ1n) is 7.10. The number of aromatic nitrogens is 2. The molecule has 0 saturated carbocycles. The van der Waals surface area contributed by atoms with Gasteiger partial charge in [-0.1, -0.05) is 0 Å². The van der Waals surface area contributed by atoms with Gasteiger partial charge in [-0.05, 0) is 6.07 Å². The van der Waals surface area contributed by atoms with Crippen LogP contribution in [0.3, 0.4) is 0 Å². The van der Waals surface area contributed by atoms with Crippen LogP contribution in [0.5, 0.6) is 5.75 Å². The lowest BCUT2D eigenvalue weighted by molar-refractivity contribution is -0.926. The second-order valence-electron chi connectivity index (χ2n) is 5.54. The van der Waals surface area contributed by atoms with Crippen molar-refractivity contribution >= 4 is 0 Å². The van der Waals surface area contributed by atoms with Gasteiger partial charge in [0, 0.05) is 19.2 Å². The van der Waals surface area contributed by atoms with Crippen molar-refractivity contribution in [1.29, 1.82) is 0 Å². The number of quaternary nitrogens is 1. The number of hydroxylamine groups is 2. The number of nitrogens with zero attached hydrogens (tertiary/aromatic N) is 2. The van der Waals surface area contributed by atoms with E-state index < -0.39 is 52.6 Å². The normalized spacial score (nSPS) is 19.8. The van der Waals surface area contributed by atoms with E-state index >= 15 is 0 Å². The number of aliphatic hydroxyl groups is 1. The largest absolute Gasteiger partial charge is 0.630 e. The Kier molecular flexibility index (Phi) is 4.13. The molecule has 1 aromatic heterocycles. The Balaban J connectivity index is 2.28. The molecule has 140 valence electrons. The molecule has 1 aromatic carbocycles. The predicted octanol–water partition coefficient (Wildman–Crippen LogP) is -0.582. The zero-order chi connectivity index (χ0) is 19.4. The topological polar surface area (TPSA) is 101 Å². The molecule has 2 heterocycles. The van der Waals surface area contributed by atoms with E-state index in [1.54, 1.807) is 0 Å². The predicted molar refractivity (Wildman–Crippen MR) is 77.0 cm³/mol. The van der Waals surface area contributed by atoms with Gasteiger partial charge in [-0.3, -0.25) is 9.36 Å². The minimum atomic E-state index is -4.96. The summed E-state index contributed by atoms with van der Waals surface area (Å²) in [6.45, 7) is -0.491. The van der Waals surface area contributed by atoms with Gasteiger partial charge in [0.2, 0.25) is 13.0 Å². The number of halogens is 4. The lowest BCUT2D eigenvalue weighted by Gasteiger charge is -2.33. The zero-order valence-electron chi connectivity index (χ0n) is 13.0. The fourth-order valence-corrected chi connectivity index (χ4v) is 2.59. The first-order chi connectivity index (χ1) is 12.0. The minimum Gasteiger partial charge on any atom is -0.630 e. The summed E-state index contributed by atoms with van der Waals surface area (Å²) in [4.78, 5) is 24.3. The summed E-state index contributed by atoms with van der Waals surface area (Å²) in [7, 11) is 0.777. The highest BCUT2D eigenvalue weighted by Crippen LogP contribution is 2.30. The molecule has 2 N–H and O–H groups in total. The SMILES string of the molecule is Cn1c(C(F)(F)F)cc(=O)n(-c2cc3c(cc2F)OC[NH+]([O-])C3O)c1=O. The van der Waals surface area contributed by atoms with E-state index in [2.05, 4.69) is 0 Å². The maximum atomic E-state index is 14.3. The molecular weight excluding hydrogens is 366 g/mol. The summed E-state index contributed by atoms with van der Waals surface area (Å²) >= 11 is 0. The Bertz CT molecular complexity index is 998. The summed E-state index contributed by atoms with van der Waals surface area (Å²) in [5.41, 5.74) is -5.27. The number of hydrogen-bond acceptors (Lipinski definition) is 5. The summed E-state index contributed by atoms with van der Waals surface area (Å²) in [6, 6.07) is 1.71. The van der Waals surface area contributed by atoms with Crippen molar-refractivity contribution in [2.24, 2.45) is 7.05 Å². The number of hydrogen-bond donors (Lipinski definition) is 2. The first-order valence-corrected chi connectivity index (χ1v) is 7.10. The number of rotatable bonds is 1. The van der Waals surface area contributed by atoms with Crippen LogP contribution < -0.4 is 21.0 Å². The average molecular weight is 377 g/mol. The molecule has 0 fully saturated rings. The Morgan fingerprint density at radius 1 is 1.31 bits per heavy atom. The smallest absolute Gasteiger partial charge is 0.431 e. The number of alkyl halides is 3. The van der Waals surface area contributed by atoms with Crippen molar-refractivity contribution in [2.75, 3.05) is 6.73 Å². The van der Waals surface area contributed by atoms with Crippen molar-refractivity contribution in [3.63, 3.8) is 0 Å². The van der Waals surface area contributed by atoms with Gasteiger partial charge in [-0.25, -0.2) is 13.8 Å². The van der Waals surface area contributed by atoms with Crippen molar-refractivity contribution < 1.29 is 32.5 Å². The molecule has 0 bridgehead atoms. The lowest BCUT2D eigenvalue weighted by atomic mass is 10.1. The molecule has 2 unspecified atom stereocenters. The summed E-state index contributed by atoms with van der Waals surface area (Å²) in [5.74, 6) is -1.32. The Morgan fingerprint density at radius 2 is 1.96 bits per heavy atom. The van der Waals surface area contributed by atoms with Crippen molar-refractivity contribution in [3.8, 4) is 11.4 Å². The molecule has 0 spiro atoms. The van der Waals surface area contributed by atoms with Crippen LogP contribution in [0.2, 0.25) is 0 Å². The summed E-state index contributed by atoms with van der Waals surface area (Å²) < 4.78 is 58.2. The number of aliphatic hydroxyl groups excluding tert-OH is 1. The number of benzene rings is 1. The number of nitrogens with one attached hydrogen (secondary N) is 1. The molecule has 1 aliphatic heterocycles. The van der Waals surface area contributed by atoms with Crippen LogP contribution in [-0.2, 0) is 13.2 Å². The first kappa shape index (κ1) is 18.1. The van der Waals surface area contributed by atoms with Crippen LogP contribution in [0.15, 0.2) is 27.8 Å². The second-order valence-corrected chi connectivity index (χ2v) is 5.54. The van der Waals surface area contributed by atoms with Crippen LogP contribution in [0, 0.1) is 11.0 Å². The molecular formula is C14H11F4N3O5. The monoisotopic (exact) mass is 377 g/mol. The lowest BCUT2D eigenvalue weighted by Crippen LogP contribution is -3.09. The van der Waals surface area contributed by atoms with Crippen LogP contribution >= 0.6 is 0 Å². The van der Waals surface area contributed by atoms with Crippen LogP contribution in [0.4, 0.5) is 17.6 Å². The van der Waals surface area contributed by atoms with E-state index in [4.69, 9.17) is 4.74 Å². The molecule has 0 amide bonds. The van der Waals surface area contributed by atoms with Gasteiger partial charge in [0.05, 0.1) is 11.3 Å². The second kappa shape index (κ2) is 5.93. The fraction of sp³-hybridized carbons (Fsp3) is 0.286. The molecule has 0 radical (unpaired) electrons. The van der Waals surface area contributed by atoms with E-state index in [1.165, 1.54) is 0 Å². The van der Waals surface area contributed by atoms with Gasteiger partial charge in [0.25, 0.3) is 5.56 Å². The van der Waals surface area contributed by atoms with Gasteiger partial charge in [-0.15, -0.1) is 0 Å². The maximum absolute atomic E-state index is 14.3. The Labute approximate surface area is 141 Å². The molecule has 2 aromatic rings. The van der Waals surface area contributed by atoms with Crippen LogP contribution in [0.25, 0.3) is 5.69 Å². The van der Waals surface area contributed by atoms with E-state index in [1.807, 2.05) is 0 Å². The van der Waals surface area contributed by atoms with Gasteiger partial charge >= 0.3 is 11.9 Å². The third-order valence-corrected chi connectivity index (χ3v) is 3.90. The quantitative estimate of drug-likeness (QED) is 0.512. The zero-order valence-corrected chi connectivity index (χ0v) is 13.0. The fourth-order valence-electron chi connectivity index (χ4n) is 2.59. The Morgan fingerprint density at radius 3 is 2.58 bits per heavy atom. The van der Waals surface area contributed by atoms with E-state index in [0.29, 0.717) is 0 Å². The molecule has 2 atom stereocenters. The molecule has 1 aliphatic rings. The van der Waals surface area contributed by atoms with Crippen molar-refractivity contribution in [2.45, 2.75) is 12.4 Å². The average Bonchev–Trinajstić information content (AvgIpc) is 2.54. The van der Waals surface area contributed by atoms with E-state index in [0.717, 1.165) is 19.2 Å². The maximum Gasteiger partial charge on any atom is 0.431 e. The minimum absolute atomic E-state index is 0.151. The third-order valence-electron chi connectivity index (χ3n) is 3.90. The summed E-state index contributed by atoms with van der Waals surface area (Å²) in [5, 5.41) is 20.6. The number of fused-ring (bicyclic) bond motifs is 1. The molecule has 0 saturated heterocycles. The third kappa shape index (κ3) is 2.77. The number of ether oxygens (including phenoxy) is 1. The van der Waals surface area contributed by atoms with Gasteiger partial charge in [-0.2, -0.15) is 13.2 Å². The van der Waals surface area contributed by atoms with E-state index in [-0.39, 0.29) is 26.5 Å². The molecule has 0 aliphatic carbocycles. The summed E-state index contributed by atoms with van der Waals surface area (Å²) in [6.07, 6.45) is -6.64. The molecule has 8 nitrogen and oxygen atoms in total. The van der Waals surface area contributed by atoms with Crippen molar-refractivity contribution in [1.82, 2.24) is 9.13 Å². The molecule has 12 heteroatoms. The highest BCUT2D eigenvalue weighted by atomic mass is 19.4. The van der Waals surface area contributed by atoms with E-state index in [9.17, 15) is 37.5 Å². The molecule has 26 heavy (non-hydrogen) atoms. The molecule has 3 rings (SSSR count). The highest BCUT2D eigenvalue weighted by Gasteiger charge is 2.35. The van der Waals surface area contributed by atoms with Crippen LogP contribution in [-0.4, -0.2) is 21.0 Å². The van der Waals surface area contributed by atoms with Crippen molar-refractivity contribution in [3.05, 3.63) is 61.3 Å². The van der Waals surface area contributed by atoms with Gasteiger partial charge < -0.3 is 20.1 Å². The van der Waals surface area contributed by atoms with Gasteiger partial charge in [0.1, 0.15) is 11.4 Å². The van der Waals surface area contributed by atoms with Gasteiger partial charge in [0.15, 0.2) is 5.82 Å². The highest BCUT2D eigenvalue weighted by molar-refractivity contribution is 5.46. The standard InChI is InChI=1S/C14H11F4N3O5/c1-19-10(14(16,17)18)4-11(22)21(13(19)24)8-2-6-9(3-7(8)15)26-5-20(25)12(6)23/h2-4,12,20,23H,5H2,1H3. The Hall–Kier alpha value is -2.70. The van der Waals surface area contributed by atoms with Crippen LogP contribution in [0.1, 0.15) is 17.5 Å².